The number of benzene rings is 6. The number of fused-ring (bicyclic) bond motifs is 3. The first kappa shape index (κ1) is 29.4. The fourth-order valence-electron chi connectivity index (χ4n) is 7.17. The molecule has 0 fully saturated rings. The molecular formula is C45H39N. The van der Waals surface area contributed by atoms with E-state index in [4.69, 9.17) is 4.98 Å². The van der Waals surface area contributed by atoms with E-state index in [-0.39, 0.29) is 0 Å². The molecule has 1 aliphatic rings. The molecule has 224 valence electrons. The number of aryl methyl sites for hydroxylation is 2. The van der Waals surface area contributed by atoms with Gasteiger partial charge in [0.2, 0.25) is 0 Å². The molecule has 0 amide bonds. The maximum Gasteiger partial charge on any atom is 0.0705 e. The molecule has 0 bridgehead atoms. The number of rotatable bonds is 4. The zero-order chi connectivity index (χ0) is 31.6. The maximum atomic E-state index is 4.83. The first-order valence-corrected chi connectivity index (χ1v) is 16.5. The van der Waals surface area contributed by atoms with E-state index in [1.807, 2.05) is 13.8 Å². The van der Waals surface area contributed by atoms with Gasteiger partial charge in [-0.15, -0.1) is 0 Å². The van der Waals surface area contributed by atoms with E-state index in [1.165, 1.54) is 71.6 Å². The van der Waals surface area contributed by atoms with E-state index in [1.54, 1.807) is 0 Å². The minimum Gasteiger partial charge on any atom is -0.253 e. The quantitative estimate of drug-likeness (QED) is 0.198. The smallest absolute Gasteiger partial charge is 0.0705 e. The lowest BCUT2D eigenvalue weighted by Gasteiger charge is -2.25. The van der Waals surface area contributed by atoms with Crippen molar-refractivity contribution in [2.24, 2.45) is 0 Å². The van der Waals surface area contributed by atoms with Crippen LogP contribution in [-0.2, 0) is 6.42 Å². The molecule has 0 radical (unpaired) electrons. The van der Waals surface area contributed by atoms with Crippen LogP contribution in [0.1, 0.15) is 42.7 Å². The van der Waals surface area contributed by atoms with Gasteiger partial charge in [0, 0.05) is 11.3 Å². The highest BCUT2D eigenvalue weighted by Crippen LogP contribution is 2.47. The SMILES string of the molecule is CC.Cc1cccc(-c2cccc(-c3c4c(c(-c5ccc(-c6ccccc6C)c6ccccc56)c5ccccc35)CCC=C4)c2)n1. The van der Waals surface area contributed by atoms with Crippen LogP contribution in [0.15, 0.2) is 133 Å². The van der Waals surface area contributed by atoms with Crippen molar-refractivity contribution in [2.45, 2.75) is 40.5 Å². The van der Waals surface area contributed by atoms with Crippen molar-refractivity contribution >= 4 is 27.6 Å². The van der Waals surface area contributed by atoms with Crippen molar-refractivity contribution in [1.29, 1.82) is 0 Å². The van der Waals surface area contributed by atoms with Gasteiger partial charge in [0.1, 0.15) is 0 Å². The lowest BCUT2D eigenvalue weighted by molar-refractivity contribution is 0.992. The molecule has 46 heavy (non-hydrogen) atoms. The molecule has 0 spiro atoms. The Kier molecular flexibility index (Phi) is 8.07. The highest BCUT2D eigenvalue weighted by molar-refractivity contribution is 6.15. The van der Waals surface area contributed by atoms with Gasteiger partial charge in [-0.25, -0.2) is 0 Å². The summed E-state index contributed by atoms with van der Waals surface area (Å²) in [6.07, 6.45) is 6.78. The molecule has 0 unspecified atom stereocenters. The molecule has 0 atom stereocenters. The Morgan fingerprint density at radius 1 is 0.522 bits per heavy atom. The highest BCUT2D eigenvalue weighted by atomic mass is 14.7. The van der Waals surface area contributed by atoms with E-state index in [0.29, 0.717) is 0 Å². The van der Waals surface area contributed by atoms with Crippen LogP contribution in [0.5, 0.6) is 0 Å². The zero-order valence-electron chi connectivity index (χ0n) is 27.1. The van der Waals surface area contributed by atoms with Crippen molar-refractivity contribution < 1.29 is 0 Å². The molecule has 1 aromatic heterocycles. The molecule has 8 rings (SSSR count). The van der Waals surface area contributed by atoms with Crippen LogP contribution in [-0.4, -0.2) is 4.98 Å². The number of allylic oxidation sites excluding steroid dienone is 1. The minimum absolute atomic E-state index is 1.01. The second-order valence-corrected chi connectivity index (χ2v) is 11.9. The standard InChI is InChI=1S/C43H33N.C2H6/c1-28-13-3-4-17-32(28)35-25-26-40(34-19-6-5-18-33(34)35)43-38-22-9-7-20-36(38)42(37-21-8-10-23-39(37)43)31-16-12-15-30(27-31)41-24-11-14-29(2)44-41;1-2/h3-9,11-22,24-27H,10,23H2,1-2H3;1-2H3. The largest absolute Gasteiger partial charge is 0.253 e. The summed E-state index contributed by atoms with van der Waals surface area (Å²) in [5.41, 5.74) is 15.1. The molecule has 1 heterocycles. The van der Waals surface area contributed by atoms with E-state index in [2.05, 4.69) is 153 Å². The predicted molar refractivity (Wildman–Crippen MR) is 199 cm³/mol. The maximum absolute atomic E-state index is 4.83. The predicted octanol–water partition coefficient (Wildman–Crippen LogP) is 12.7. The van der Waals surface area contributed by atoms with Gasteiger partial charge in [-0.1, -0.05) is 135 Å². The molecular weight excluding hydrogens is 555 g/mol. The summed E-state index contributed by atoms with van der Waals surface area (Å²) >= 11 is 0. The molecule has 0 N–H and O–H groups in total. The number of aromatic nitrogens is 1. The zero-order valence-corrected chi connectivity index (χ0v) is 27.1. The van der Waals surface area contributed by atoms with Crippen molar-refractivity contribution in [3.63, 3.8) is 0 Å². The van der Waals surface area contributed by atoms with E-state index in [0.717, 1.165) is 29.8 Å². The minimum atomic E-state index is 1.01. The lowest BCUT2D eigenvalue weighted by Crippen LogP contribution is -2.03. The van der Waals surface area contributed by atoms with Crippen LogP contribution in [0.4, 0.5) is 0 Å². The number of pyridine rings is 1. The summed E-state index contributed by atoms with van der Waals surface area (Å²) in [4.78, 5) is 4.83. The van der Waals surface area contributed by atoms with Gasteiger partial charge in [0.25, 0.3) is 0 Å². The second kappa shape index (κ2) is 12.6. The first-order valence-electron chi connectivity index (χ1n) is 16.5. The summed E-state index contributed by atoms with van der Waals surface area (Å²) in [6, 6.07) is 46.5. The van der Waals surface area contributed by atoms with E-state index >= 15 is 0 Å². The normalized spacial score (nSPS) is 12.1. The third kappa shape index (κ3) is 5.12. The summed E-state index contributed by atoms with van der Waals surface area (Å²) in [5.74, 6) is 0. The van der Waals surface area contributed by atoms with Crippen LogP contribution in [0.2, 0.25) is 0 Å². The van der Waals surface area contributed by atoms with Crippen molar-refractivity contribution in [3.8, 4) is 44.6 Å². The Labute approximate surface area is 272 Å². The monoisotopic (exact) mass is 593 g/mol. The van der Waals surface area contributed by atoms with Gasteiger partial charge in [0.05, 0.1) is 5.69 Å². The topological polar surface area (TPSA) is 12.9 Å². The van der Waals surface area contributed by atoms with Gasteiger partial charge >= 0.3 is 0 Å². The third-order valence-corrected chi connectivity index (χ3v) is 9.17. The van der Waals surface area contributed by atoms with Gasteiger partial charge < -0.3 is 0 Å². The van der Waals surface area contributed by atoms with Gasteiger partial charge in [-0.2, -0.15) is 0 Å². The lowest BCUT2D eigenvalue weighted by atomic mass is 9.79. The van der Waals surface area contributed by atoms with Crippen molar-refractivity contribution in [3.05, 3.63) is 156 Å². The molecule has 0 saturated heterocycles. The fraction of sp³-hybridized carbons (Fsp3) is 0.133. The highest BCUT2D eigenvalue weighted by Gasteiger charge is 2.23. The Morgan fingerprint density at radius 2 is 1.15 bits per heavy atom. The average Bonchev–Trinajstić information content (AvgIpc) is 3.11. The number of hydrogen-bond donors (Lipinski definition) is 0. The Morgan fingerprint density at radius 3 is 1.91 bits per heavy atom. The summed E-state index contributed by atoms with van der Waals surface area (Å²) in [6.45, 7) is 8.26. The van der Waals surface area contributed by atoms with Crippen LogP contribution in [0.25, 0.3) is 72.3 Å². The molecule has 1 heteroatoms. The number of hydrogen-bond acceptors (Lipinski definition) is 1. The second-order valence-electron chi connectivity index (χ2n) is 11.9. The third-order valence-electron chi connectivity index (χ3n) is 9.17. The number of nitrogens with zero attached hydrogens (tertiary/aromatic N) is 1. The van der Waals surface area contributed by atoms with Crippen molar-refractivity contribution in [1.82, 2.24) is 4.98 Å². The van der Waals surface area contributed by atoms with Crippen LogP contribution >= 0.6 is 0 Å². The Hall–Kier alpha value is -5.27. The molecule has 1 nitrogen and oxygen atoms in total. The van der Waals surface area contributed by atoms with E-state index in [9.17, 15) is 0 Å². The van der Waals surface area contributed by atoms with E-state index < -0.39 is 0 Å². The summed E-state index contributed by atoms with van der Waals surface area (Å²) in [7, 11) is 0. The fourth-order valence-corrected chi connectivity index (χ4v) is 7.17. The molecule has 6 aromatic carbocycles. The Balaban J connectivity index is 0.00000166. The first-order chi connectivity index (χ1) is 22.7. The molecule has 7 aromatic rings. The van der Waals surface area contributed by atoms with Crippen LogP contribution in [0, 0.1) is 13.8 Å². The summed E-state index contributed by atoms with van der Waals surface area (Å²) in [5, 5.41) is 5.19. The molecule has 0 aliphatic heterocycles. The van der Waals surface area contributed by atoms with Gasteiger partial charge in [-0.3, -0.25) is 4.98 Å². The molecule has 1 aliphatic carbocycles. The van der Waals surface area contributed by atoms with Gasteiger partial charge in [0.15, 0.2) is 0 Å². The Bertz CT molecular complexity index is 2250. The molecule has 0 saturated carbocycles. The summed E-state index contributed by atoms with van der Waals surface area (Å²) < 4.78 is 0. The van der Waals surface area contributed by atoms with Crippen molar-refractivity contribution in [2.75, 3.05) is 0 Å². The van der Waals surface area contributed by atoms with Crippen LogP contribution < -0.4 is 0 Å². The average molecular weight is 594 g/mol. The van der Waals surface area contributed by atoms with Gasteiger partial charge in [-0.05, 0) is 117 Å². The van der Waals surface area contributed by atoms with Crippen LogP contribution in [0.3, 0.4) is 0 Å².